The fourth-order valence-electron chi connectivity index (χ4n) is 1.74. The molecule has 17 heavy (non-hydrogen) atoms. The second-order valence-electron chi connectivity index (χ2n) is 5.07. The predicted octanol–water partition coefficient (Wildman–Crippen LogP) is -0.424. The number of hydrogen-bond acceptors (Lipinski definition) is 4. The van der Waals surface area contributed by atoms with Gasteiger partial charge in [0.05, 0.1) is 18.6 Å². The summed E-state index contributed by atoms with van der Waals surface area (Å²) < 4.78 is 5.16. The van der Waals surface area contributed by atoms with Gasteiger partial charge in [0.25, 0.3) is 0 Å². The summed E-state index contributed by atoms with van der Waals surface area (Å²) in [6.45, 7) is 5.73. The second kappa shape index (κ2) is 5.01. The van der Waals surface area contributed by atoms with Gasteiger partial charge in [-0.1, -0.05) is 13.8 Å². The Balaban J connectivity index is 2.74. The Labute approximate surface area is 101 Å². The summed E-state index contributed by atoms with van der Waals surface area (Å²) in [5.74, 6) is -1.58. The highest BCUT2D eigenvalue weighted by Gasteiger charge is 2.45. The molecule has 0 aromatic rings. The molecule has 4 N–H and O–H groups in total. The van der Waals surface area contributed by atoms with Gasteiger partial charge in [0.15, 0.2) is 0 Å². The van der Waals surface area contributed by atoms with E-state index in [0.717, 1.165) is 0 Å². The molecule has 0 aromatic carbocycles. The van der Waals surface area contributed by atoms with E-state index in [-0.39, 0.29) is 18.4 Å². The van der Waals surface area contributed by atoms with Crippen LogP contribution in [0.1, 0.15) is 20.8 Å². The molecule has 1 amide bonds. The van der Waals surface area contributed by atoms with Gasteiger partial charge in [-0.05, 0) is 12.8 Å². The summed E-state index contributed by atoms with van der Waals surface area (Å²) in [6, 6.07) is -1.30. The molecule has 2 unspecified atom stereocenters. The molecule has 1 aliphatic heterocycles. The summed E-state index contributed by atoms with van der Waals surface area (Å²) in [5, 5.41) is 11.5. The van der Waals surface area contributed by atoms with Gasteiger partial charge < -0.3 is 20.9 Å². The van der Waals surface area contributed by atoms with Gasteiger partial charge in [-0.15, -0.1) is 0 Å². The number of nitrogens with one attached hydrogen (secondary N) is 1. The van der Waals surface area contributed by atoms with Crippen molar-refractivity contribution in [2.75, 3.05) is 13.2 Å². The first-order valence-corrected chi connectivity index (χ1v) is 5.66. The maximum Gasteiger partial charge on any atom is 0.326 e. The number of amides is 1. The number of carbonyl (C=O) groups excluding carboxylic acids is 1. The normalized spacial score (nSPS) is 30.3. The molecule has 6 nitrogen and oxygen atoms in total. The van der Waals surface area contributed by atoms with Gasteiger partial charge in [0.1, 0.15) is 6.04 Å². The van der Waals surface area contributed by atoms with Crippen LogP contribution < -0.4 is 11.1 Å². The molecule has 98 valence electrons. The summed E-state index contributed by atoms with van der Waals surface area (Å²) >= 11 is 0. The Morgan fingerprint density at radius 3 is 2.47 bits per heavy atom. The monoisotopic (exact) mass is 244 g/mol. The summed E-state index contributed by atoms with van der Waals surface area (Å²) in [6.07, 6.45) is 0. The lowest BCUT2D eigenvalue weighted by Gasteiger charge is -2.28. The molecule has 1 aliphatic rings. The van der Waals surface area contributed by atoms with E-state index in [1.807, 2.05) is 0 Å². The average molecular weight is 244 g/mol. The van der Waals surface area contributed by atoms with Gasteiger partial charge in [-0.25, -0.2) is 4.79 Å². The highest BCUT2D eigenvalue weighted by Crippen LogP contribution is 2.27. The van der Waals surface area contributed by atoms with Crippen molar-refractivity contribution >= 4 is 11.9 Å². The first kappa shape index (κ1) is 13.9. The Kier molecular flexibility index (Phi) is 4.11. The Bertz CT molecular complexity index is 319. The van der Waals surface area contributed by atoms with Crippen molar-refractivity contribution in [3.8, 4) is 0 Å². The Morgan fingerprint density at radius 2 is 2.12 bits per heavy atom. The zero-order chi connectivity index (χ0) is 13.2. The van der Waals surface area contributed by atoms with E-state index in [4.69, 9.17) is 15.6 Å². The van der Waals surface area contributed by atoms with E-state index in [2.05, 4.69) is 5.32 Å². The van der Waals surface area contributed by atoms with Gasteiger partial charge in [-0.2, -0.15) is 0 Å². The van der Waals surface area contributed by atoms with Crippen LogP contribution in [0.25, 0.3) is 0 Å². The first-order chi connectivity index (χ1) is 7.79. The van der Waals surface area contributed by atoms with Crippen molar-refractivity contribution in [2.24, 2.45) is 17.1 Å². The minimum atomic E-state index is -1.04. The molecule has 0 aromatic heterocycles. The number of ether oxygens (including phenoxy) is 1. The molecule has 0 saturated carbocycles. The lowest BCUT2D eigenvalue weighted by atomic mass is 9.84. The van der Waals surface area contributed by atoms with Gasteiger partial charge in [0, 0.05) is 6.04 Å². The lowest BCUT2D eigenvalue weighted by Crippen LogP contribution is -2.55. The van der Waals surface area contributed by atoms with Crippen LogP contribution >= 0.6 is 0 Å². The highest BCUT2D eigenvalue weighted by molar-refractivity contribution is 5.88. The zero-order valence-electron chi connectivity index (χ0n) is 10.4. The standard InChI is InChI=1S/C11H20N2O4/c1-6(2)8(9(14)15)13-10(16)11(3)5-17-4-7(11)12/h6-8H,4-5,12H2,1-3H3,(H,13,16)(H,14,15)/t7?,8-,11?/m1/s1. The maximum atomic E-state index is 12.1. The maximum absolute atomic E-state index is 12.1. The number of aliphatic carboxylic acids is 1. The quantitative estimate of drug-likeness (QED) is 0.623. The molecule has 3 atom stereocenters. The fourth-order valence-corrected chi connectivity index (χ4v) is 1.74. The van der Waals surface area contributed by atoms with Crippen LogP contribution in [0.5, 0.6) is 0 Å². The van der Waals surface area contributed by atoms with E-state index in [1.165, 1.54) is 0 Å². The second-order valence-corrected chi connectivity index (χ2v) is 5.07. The first-order valence-electron chi connectivity index (χ1n) is 5.66. The number of rotatable bonds is 4. The van der Waals surface area contributed by atoms with Gasteiger partial charge in [0.2, 0.25) is 5.91 Å². The Hall–Kier alpha value is -1.14. The molecule has 0 radical (unpaired) electrons. The third kappa shape index (κ3) is 2.76. The number of carboxylic acids is 1. The van der Waals surface area contributed by atoms with Crippen molar-refractivity contribution in [2.45, 2.75) is 32.9 Å². The van der Waals surface area contributed by atoms with E-state index in [9.17, 15) is 9.59 Å². The van der Waals surface area contributed by atoms with Crippen LogP contribution in [-0.2, 0) is 14.3 Å². The number of hydrogen-bond donors (Lipinski definition) is 3. The van der Waals surface area contributed by atoms with E-state index >= 15 is 0 Å². The smallest absolute Gasteiger partial charge is 0.326 e. The minimum Gasteiger partial charge on any atom is -0.480 e. The van der Waals surface area contributed by atoms with Crippen molar-refractivity contribution in [1.29, 1.82) is 0 Å². The molecule has 0 bridgehead atoms. The van der Waals surface area contributed by atoms with Crippen LogP contribution in [0.2, 0.25) is 0 Å². The fraction of sp³-hybridized carbons (Fsp3) is 0.818. The van der Waals surface area contributed by atoms with Crippen LogP contribution in [0.4, 0.5) is 0 Å². The predicted molar refractivity (Wildman–Crippen MR) is 61.3 cm³/mol. The largest absolute Gasteiger partial charge is 0.480 e. The van der Waals surface area contributed by atoms with Crippen LogP contribution in [0.3, 0.4) is 0 Å². The molecule has 6 heteroatoms. The lowest BCUT2D eigenvalue weighted by molar-refractivity contribution is -0.145. The Morgan fingerprint density at radius 1 is 1.53 bits per heavy atom. The highest BCUT2D eigenvalue weighted by atomic mass is 16.5. The number of carboxylic acid groups (broad SMARTS) is 1. The molecule has 1 saturated heterocycles. The SMILES string of the molecule is CC(C)[C@@H](NC(=O)C1(C)COCC1N)C(=O)O. The van der Waals surface area contributed by atoms with Crippen LogP contribution in [-0.4, -0.2) is 42.3 Å². The van der Waals surface area contributed by atoms with Crippen molar-refractivity contribution < 1.29 is 19.4 Å². The van der Waals surface area contributed by atoms with Crippen LogP contribution in [0, 0.1) is 11.3 Å². The van der Waals surface area contributed by atoms with E-state index in [0.29, 0.717) is 6.61 Å². The van der Waals surface area contributed by atoms with Crippen molar-refractivity contribution in [3.63, 3.8) is 0 Å². The van der Waals surface area contributed by atoms with E-state index in [1.54, 1.807) is 20.8 Å². The van der Waals surface area contributed by atoms with Gasteiger partial charge in [-0.3, -0.25) is 4.79 Å². The van der Waals surface area contributed by atoms with Crippen LogP contribution in [0.15, 0.2) is 0 Å². The summed E-state index contributed by atoms with van der Waals surface area (Å²) in [5.41, 5.74) is 4.96. The molecule has 0 spiro atoms. The van der Waals surface area contributed by atoms with Gasteiger partial charge >= 0.3 is 5.97 Å². The van der Waals surface area contributed by atoms with Crippen molar-refractivity contribution in [1.82, 2.24) is 5.32 Å². The number of nitrogens with two attached hydrogens (primary N) is 1. The summed E-state index contributed by atoms with van der Waals surface area (Å²) in [7, 11) is 0. The molecular weight excluding hydrogens is 224 g/mol. The topological polar surface area (TPSA) is 102 Å². The molecule has 1 fully saturated rings. The van der Waals surface area contributed by atoms with Crippen molar-refractivity contribution in [3.05, 3.63) is 0 Å². The summed E-state index contributed by atoms with van der Waals surface area (Å²) in [4.78, 5) is 23.1. The molecule has 1 rings (SSSR count). The molecule has 1 heterocycles. The zero-order valence-corrected chi connectivity index (χ0v) is 10.4. The minimum absolute atomic E-state index is 0.182. The van der Waals surface area contributed by atoms with E-state index < -0.39 is 23.5 Å². The molecular formula is C11H20N2O4. The average Bonchev–Trinajstić information content (AvgIpc) is 2.55. The third-order valence-electron chi connectivity index (χ3n) is 3.26. The molecule has 0 aliphatic carbocycles. The number of carbonyl (C=O) groups is 2. The third-order valence-corrected chi connectivity index (χ3v) is 3.26.